The van der Waals surface area contributed by atoms with Crippen molar-refractivity contribution < 1.29 is 14.8 Å². The van der Waals surface area contributed by atoms with Crippen LogP contribution in [0.1, 0.15) is 25.0 Å². The van der Waals surface area contributed by atoms with Gasteiger partial charge >= 0.3 is 0 Å². The predicted molar refractivity (Wildman–Crippen MR) is 84.6 cm³/mol. The van der Waals surface area contributed by atoms with E-state index >= 15 is 0 Å². The summed E-state index contributed by atoms with van der Waals surface area (Å²) < 4.78 is 0. The van der Waals surface area contributed by atoms with E-state index in [2.05, 4.69) is 0 Å². The molecule has 0 aromatic heterocycles. The quantitative estimate of drug-likeness (QED) is 0.547. The van der Waals surface area contributed by atoms with Gasteiger partial charge in [0.25, 0.3) is 0 Å². The van der Waals surface area contributed by atoms with Crippen LogP contribution in [0.3, 0.4) is 0 Å². The van der Waals surface area contributed by atoms with Crippen molar-refractivity contribution in [3.05, 3.63) is 71.8 Å². The van der Waals surface area contributed by atoms with E-state index in [4.69, 9.17) is 14.8 Å². The lowest BCUT2D eigenvalue weighted by Gasteiger charge is -2.08. The first-order valence-corrected chi connectivity index (χ1v) is 6.79. The zero-order chi connectivity index (χ0) is 14.9. The van der Waals surface area contributed by atoms with Gasteiger partial charge in [0, 0.05) is 16.2 Å². The van der Waals surface area contributed by atoms with Gasteiger partial charge in [-0.05, 0) is 26.0 Å². The molecule has 0 fully saturated rings. The molecule has 108 valence electrons. The minimum absolute atomic E-state index is 0.596. The summed E-state index contributed by atoms with van der Waals surface area (Å²) in [6.45, 7) is 3.89. The standard InChI is InChI=1S/C18H18O3/c1-3-9-15-11-5-7-13-17(15)19-21-20-18-14-8-6-12-16(18)10-4-2/h3-14H,1-2H3/b9-3-,10-4-. The van der Waals surface area contributed by atoms with Crippen LogP contribution < -0.4 is 9.78 Å². The fourth-order valence-corrected chi connectivity index (χ4v) is 1.84. The highest BCUT2D eigenvalue weighted by Crippen LogP contribution is 2.22. The molecule has 0 amide bonds. The van der Waals surface area contributed by atoms with E-state index in [1.165, 1.54) is 0 Å². The summed E-state index contributed by atoms with van der Waals surface area (Å²) in [7, 11) is 0. The Morgan fingerprint density at radius 2 is 1.10 bits per heavy atom. The van der Waals surface area contributed by atoms with E-state index in [9.17, 15) is 0 Å². The lowest BCUT2D eigenvalue weighted by molar-refractivity contribution is -0.411. The molecule has 0 heterocycles. The number of benzene rings is 2. The molecule has 0 saturated carbocycles. The molecule has 0 saturated heterocycles. The normalized spacial score (nSPS) is 11.1. The van der Waals surface area contributed by atoms with Gasteiger partial charge in [-0.3, -0.25) is 9.78 Å². The molecule has 2 aromatic carbocycles. The second kappa shape index (κ2) is 7.92. The van der Waals surface area contributed by atoms with Crippen LogP contribution in [-0.4, -0.2) is 0 Å². The van der Waals surface area contributed by atoms with Crippen molar-refractivity contribution in [2.75, 3.05) is 0 Å². The summed E-state index contributed by atoms with van der Waals surface area (Å²) in [4.78, 5) is 10.5. The third kappa shape index (κ3) is 4.23. The van der Waals surface area contributed by atoms with Crippen LogP contribution in [0.2, 0.25) is 0 Å². The summed E-state index contributed by atoms with van der Waals surface area (Å²) in [6, 6.07) is 15.1. The first-order valence-electron chi connectivity index (χ1n) is 6.79. The average molecular weight is 282 g/mol. The summed E-state index contributed by atoms with van der Waals surface area (Å²) in [5.41, 5.74) is 1.84. The maximum Gasteiger partial charge on any atom is 0.176 e. The molecule has 0 atom stereocenters. The van der Waals surface area contributed by atoms with Gasteiger partial charge in [0.2, 0.25) is 0 Å². The van der Waals surface area contributed by atoms with Crippen molar-refractivity contribution in [1.29, 1.82) is 0 Å². The Morgan fingerprint density at radius 3 is 1.52 bits per heavy atom. The van der Waals surface area contributed by atoms with Gasteiger partial charge in [0.15, 0.2) is 11.5 Å². The van der Waals surface area contributed by atoms with Gasteiger partial charge in [-0.2, -0.15) is 0 Å². The van der Waals surface area contributed by atoms with Crippen LogP contribution in [0.4, 0.5) is 0 Å². The Hall–Kier alpha value is -2.52. The third-order valence-corrected chi connectivity index (χ3v) is 2.78. The van der Waals surface area contributed by atoms with Crippen molar-refractivity contribution in [1.82, 2.24) is 0 Å². The molecular weight excluding hydrogens is 264 g/mol. The van der Waals surface area contributed by atoms with Crippen LogP contribution in [0.15, 0.2) is 60.7 Å². The second-order valence-electron chi connectivity index (χ2n) is 4.31. The van der Waals surface area contributed by atoms with Crippen molar-refractivity contribution >= 4 is 12.2 Å². The molecular formula is C18H18O3. The van der Waals surface area contributed by atoms with E-state index in [1.54, 1.807) is 0 Å². The summed E-state index contributed by atoms with van der Waals surface area (Å²) >= 11 is 0. The molecule has 3 heteroatoms. The number of rotatable bonds is 6. The Morgan fingerprint density at radius 1 is 0.667 bits per heavy atom. The largest absolute Gasteiger partial charge is 0.299 e. The van der Waals surface area contributed by atoms with E-state index < -0.39 is 0 Å². The number of allylic oxidation sites excluding steroid dienone is 2. The first-order chi connectivity index (χ1) is 10.3. The molecule has 0 N–H and O–H groups in total. The van der Waals surface area contributed by atoms with Crippen LogP contribution in [0.5, 0.6) is 11.5 Å². The Bertz CT molecular complexity index is 574. The van der Waals surface area contributed by atoms with Gasteiger partial charge in [0.05, 0.1) is 0 Å². The van der Waals surface area contributed by atoms with Crippen molar-refractivity contribution in [2.24, 2.45) is 0 Å². The zero-order valence-electron chi connectivity index (χ0n) is 12.2. The fraction of sp³-hybridized carbons (Fsp3) is 0.111. The molecule has 0 aliphatic rings. The molecule has 0 spiro atoms. The van der Waals surface area contributed by atoms with Crippen LogP contribution in [0, 0.1) is 0 Å². The Labute approximate surface area is 124 Å². The zero-order valence-corrected chi connectivity index (χ0v) is 12.2. The highest BCUT2D eigenvalue weighted by molar-refractivity contribution is 5.57. The first kappa shape index (κ1) is 14.9. The van der Waals surface area contributed by atoms with Gasteiger partial charge in [-0.1, -0.05) is 60.7 Å². The summed E-state index contributed by atoms with van der Waals surface area (Å²) in [5.74, 6) is 1.19. The lowest BCUT2D eigenvalue weighted by Crippen LogP contribution is -2.03. The molecule has 3 nitrogen and oxygen atoms in total. The van der Waals surface area contributed by atoms with Crippen LogP contribution in [-0.2, 0) is 5.04 Å². The third-order valence-electron chi connectivity index (χ3n) is 2.78. The van der Waals surface area contributed by atoms with Gasteiger partial charge in [0.1, 0.15) is 0 Å². The molecule has 0 radical (unpaired) electrons. The SMILES string of the molecule is C/C=C\c1ccccc1OOOc1ccccc1/C=C\C. The minimum atomic E-state index is 0.596. The number of hydrogen-bond donors (Lipinski definition) is 0. The fourth-order valence-electron chi connectivity index (χ4n) is 1.84. The van der Waals surface area contributed by atoms with Gasteiger partial charge in [-0.15, -0.1) is 0 Å². The van der Waals surface area contributed by atoms with Crippen LogP contribution >= 0.6 is 0 Å². The smallest absolute Gasteiger partial charge is 0.176 e. The monoisotopic (exact) mass is 282 g/mol. The highest BCUT2D eigenvalue weighted by Gasteiger charge is 2.04. The van der Waals surface area contributed by atoms with E-state index in [1.807, 2.05) is 86.7 Å². The lowest BCUT2D eigenvalue weighted by atomic mass is 10.2. The molecule has 2 rings (SSSR count). The Kier molecular flexibility index (Phi) is 5.61. The summed E-state index contributed by atoms with van der Waals surface area (Å²) in [5, 5.41) is 4.91. The predicted octanol–water partition coefficient (Wildman–Crippen LogP) is 5.06. The van der Waals surface area contributed by atoms with Crippen molar-refractivity contribution in [3.63, 3.8) is 0 Å². The molecule has 0 unspecified atom stereocenters. The van der Waals surface area contributed by atoms with E-state index in [0.717, 1.165) is 11.1 Å². The molecule has 2 aromatic rings. The number of para-hydroxylation sites is 2. The highest BCUT2D eigenvalue weighted by atomic mass is 17.5. The van der Waals surface area contributed by atoms with Gasteiger partial charge < -0.3 is 0 Å². The van der Waals surface area contributed by atoms with Crippen molar-refractivity contribution in [2.45, 2.75) is 13.8 Å². The van der Waals surface area contributed by atoms with E-state index in [-0.39, 0.29) is 0 Å². The topological polar surface area (TPSA) is 27.7 Å². The maximum atomic E-state index is 5.23. The Balaban J connectivity index is 2.02. The summed E-state index contributed by atoms with van der Waals surface area (Å²) in [6.07, 6.45) is 7.74. The molecule has 0 aliphatic carbocycles. The second-order valence-corrected chi connectivity index (χ2v) is 4.31. The molecule has 0 aliphatic heterocycles. The molecule has 0 bridgehead atoms. The minimum Gasteiger partial charge on any atom is -0.299 e. The van der Waals surface area contributed by atoms with E-state index in [0.29, 0.717) is 11.5 Å². The van der Waals surface area contributed by atoms with Crippen molar-refractivity contribution in [3.8, 4) is 11.5 Å². The van der Waals surface area contributed by atoms with Crippen LogP contribution in [0.25, 0.3) is 12.2 Å². The maximum absolute atomic E-state index is 5.23. The molecule has 21 heavy (non-hydrogen) atoms. The van der Waals surface area contributed by atoms with Gasteiger partial charge in [-0.25, -0.2) is 0 Å². The number of hydrogen-bond acceptors (Lipinski definition) is 3. The average Bonchev–Trinajstić information content (AvgIpc) is 2.51.